The van der Waals surface area contributed by atoms with Gasteiger partial charge in [-0.3, -0.25) is 9.59 Å². The van der Waals surface area contributed by atoms with E-state index in [1.165, 1.54) is 25.5 Å². The fourth-order valence-corrected chi connectivity index (χ4v) is 10.1. The molecule has 0 spiro atoms. The first-order valence-electron chi connectivity index (χ1n) is 20.9. The molecule has 2 aliphatic heterocycles. The maximum absolute atomic E-state index is 13.7. The van der Waals surface area contributed by atoms with Gasteiger partial charge in [-0.15, -0.1) is 0 Å². The van der Waals surface area contributed by atoms with E-state index in [1.807, 2.05) is 49.9 Å². The Morgan fingerprint density at radius 3 is 1.88 bits per heavy atom. The quantitative estimate of drug-likeness (QED) is 0.155. The highest BCUT2D eigenvalue weighted by molar-refractivity contribution is 5.87. The number of methoxy groups -OCH3 is 2. The molecular weight excluding hydrogens is 725 g/mol. The van der Waals surface area contributed by atoms with E-state index >= 15 is 0 Å². The molecule has 2 saturated heterocycles. The van der Waals surface area contributed by atoms with Crippen LogP contribution in [0.3, 0.4) is 0 Å². The van der Waals surface area contributed by atoms with Crippen LogP contribution in [0.4, 0.5) is 9.59 Å². The summed E-state index contributed by atoms with van der Waals surface area (Å²) in [5, 5.41) is 5.48. The lowest BCUT2D eigenvalue weighted by molar-refractivity contribution is -0.136. The van der Waals surface area contributed by atoms with Gasteiger partial charge in [-0.2, -0.15) is 0 Å². The highest BCUT2D eigenvalue weighted by Crippen LogP contribution is 2.58. The third kappa shape index (κ3) is 8.01. The molecule has 5 fully saturated rings. The van der Waals surface area contributed by atoms with Crippen molar-refractivity contribution in [2.45, 2.75) is 133 Å². The first kappa shape index (κ1) is 40.3. The predicted octanol–water partition coefficient (Wildman–Crippen LogP) is 6.82. The molecule has 8 rings (SSSR count). The lowest BCUT2D eigenvalue weighted by Gasteiger charge is -2.53. The summed E-state index contributed by atoms with van der Waals surface area (Å²) in [6, 6.07) is 7.32. The third-order valence-electron chi connectivity index (χ3n) is 13.4. The number of likely N-dealkylation sites (tertiary alicyclic amines) is 2. The summed E-state index contributed by atoms with van der Waals surface area (Å²) in [4.78, 5) is 72.0. The van der Waals surface area contributed by atoms with Crippen LogP contribution >= 0.6 is 0 Å². The fourth-order valence-electron chi connectivity index (χ4n) is 10.1. The Balaban J connectivity index is 0.992. The summed E-state index contributed by atoms with van der Waals surface area (Å²) in [6.45, 7) is 9.18. The van der Waals surface area contributed by atoms with Gasteiger partial charge in [-0.25, -0.2) is 19.6 Å². The van der Waals surface area contributed by atoms with Crippen LogP contribution in [0.1, 0.15) is 133 Å². The first-order valence-corrected chi connectivity index (χ1v) is 20.9. The van der Waals surface area contributed by atoms with Crippen molar-refractivity contribution in [3.8, 4) is 11.3 Å². The van der Waals surface area contributed by atoms with E-state index in [0.717, 1.165) is 87.1 Å². The van der Waals surface area contributed by atoms with Gasteiger partial charge in [0.1, 0.15) is 23.7 Å². The Morgan fingerprint density at radius 2 is 1.30 bits per heavy atom. The van der Waals surface area contributed by atoms with Crippen molar-refractivity contribution in [2.24, 2.45) is 11.8 Å². The van der Waals surface area contributed by atoms with E-state index in [9.17, 15) is 19.2 Å². The summed E-state index contributed by atoms with van der Waals surface area (Å²) in [7, 11) is 2.62. The Bertz CT molecular complexity index is 1890. The molecule has 4 amide bonds. The molecule has 3 aromatic rings. The van der Waals surface area contributed by atoms with Gasteiger partial charge >= 0.3 is 12.2 Å². The Labute approximate surface area is 335 Å². The monoisotopic (exact) mass is 784 g/mol. The number of aromatic amines is 2. The van der Waals surface area contributed by atoms with Crippen molar-refractivity contribution in [2.75, 3.05) is 27.3 Å². The number of alkyl carbamates (subject to hydrolysis) is 2. The SMILES string of the molecule is COC(=O)N[C@@H](CC(C)C)C(=O)N1CCC[C@H]1c1ncc(-c2ccc(C34CCC(c5cnc([C@@H]6CCCN6C(=O)[C@@H](NC(=O)OC)C(C)C)[nH]5)(CC3)CC4)cc2)[nH]1. The van der Waals surface area contributed by atoms with Crippen LogP contribution in [0, 0.1) is 11.8 Å². The molecule has 308 valence electrons. The summed E-state index contributed by atoms with van der Waals surface area (Å²) in [5.74, 6) is 1.54. The van der Waals surface area contributed by atoms with Crippen LogP contribution in [-0.2, 0) is 29.9 Å². The van der Waals surface area contributed by atoms with Crippen molar-refractivity contribution in [1.82, 2.24) is 40.4 Å². The van der Waals surface area contributed by atoms with Crippen molar-refractivity contribution in [3.05, 3.63) is 59.6 Å². The molecule has 3 aliphatic carbocycles. The highest BCUT2D eigenvalue weighted by Gasteiger charge is 2.51. The smallest absolute Gasteiger partial charge is 0.407 e. The molecule has 4 N–H and O–H groups in total. The van der Waals surface area contributed by atoms with Gasteiger partial charge < -0.3 is 39.9 Å². The average Bonchev–Trinajstić information content (AvgIpc) is 4.06. The van der Waals surface area contributed by atoms with Crippen molar-refractivity contribution < 1.29 is 28.7 Å². The highest BCUT2D eigenvalue weighted by atomic mass is 16.5. The number of hydrogen-bond donors (Lipinski definition) is 4. The van der Waals surface area contributed by atoms with Crippen LogP contribution in [0.5, 0.6) is 0 Å². The largest absolute Gasteiger partial charge is 0.453 e. The predicted molar refractivity (Wildman–Crippen MR) is 214 cm³/mol. The van der Waals surface area contributed by atoms with E-state index in [2.05, 4.69) is 44.9 Å². The normalized spacial score (nSPS) is 25.5. The molecule has 2 aromatic heterocycles. The molecule has 14 heteroatoms. The minimum Gasteiger partial charge on any atom is -0.453 e. The number of amides is 4. The maximum atomic E-state index is 13.7. The molecule has 4 heterocycles. The molecule has 2 bridgehead atoms. The van der Waals surface area contributed by atoms with Gasteiger partial charge in [0, 0.05) is 30.4 Å². The Morgan fingerprint density at radius 1 is 0.754 bits per heavy atom. The van der Waals surface area contributed by atoms with Gasteiger partial charge in [-0.05, 0) is 99.0 Å². The van der Waals surface area contributed by atoms with Gasteiger partial charge in [0.05, 0.1) is 38.2 Å². The summed E-state index contributed by atoms with van der Waals surface area (Å²) >= 11 is 0. The lowest BCUT2D eigenvalue weighted by atomic mass is 9.51. The number of benzene rings is 1. The topological polar surface area (TPSA) is 175 Å². The molecular formula is C43H60N8O6. The third-order valence-corrected chi connectivity index (χ3v) is 13.4. The van der Waals surface area contributed by atoms with Crippen molar-refractivity contribution >= 4 is 24.0 Å². The van der Waals surface area contributed by atoms with Crippen LogP contribution in [-0.4, -0.2) is 93.1 Å². The maximum Gasteiger partial charge on any atom is 0.407 e. The van der Waals surface area contributed by atoms with Gasteiger partial charge in [-0.1, -0.05) is 52.0 Å². The number of aromatic nitrogens is 4. The molecule has 3 saturated carbocycles. The van der Waals surface area contributed by atoms with Crippen molar-refractivity contribution in [3.63, 3.8) is 0 Å². The number of ether oxygens (including phenoxy) is 2. The van der Waals surface area contributed by atoms with E-state index in [4.69, 9.17) is 19.4 Å². The van der Waals surface area contributed by atoms with Gasteiger partial charge in [0.25, 0.3) is 0 Å². The van der Waals surface area contributed by atoms with E-state index in [-0.39, 0.29) is 46.6 Å². The van der Waals surface area contributed by atoms with Gasteiger partial charge in [0.15, 0.2) is 0 Å². The number of H-pyrrole nitrogens is 2. The molecule has 57 heavy (non-hydrogen) atoms. The van der Waals surface area contributed by atoms with Crippen LogP contribution < -0.4 is 10.6 Å². The van der Waals surface area contributed by atoms with Gasteiger partial charge in [0.2, 0.25) is 11.8 Å². The second-order valence-electron chi connectivity index (χ2n) is 17.6. The summed E-state index contributed by atoms with van der Waals surface area (Å²) in [5.41, 5.74) is 4.74. The zero-order valence-corrected chi connectivity index (χ0v) is 34.4. The van der Waals surface area contributed by atoms with Crippen LogP contribution in [0.25, 0.3) is 11.3 Å². The second kappa shape index (κ2) is 16.5. The minimum absolute atomic E-state index is 0.0549. The average molecular weight is 785 g/mol. The molecule has 14 nitrogen and oxygen atoms in total. The van der Waals surface area contributed by atoms with Crippen LogP contribution in [0.15, 0.2) is 36.7 Å². The standard InChI is InChI=1S/C43H60N8O6/c1-26(2)23-30(47-40(54)56-5)38(52)50-21-7-9-32(50)36-44-24-31(46-36)28-11-13-29(14-12-28)42-15-18-43(19-16-42,20-17-42)34-25-45-37(48-34)33-10-8-22-51(33)39(53)35(27(3)4)49-41(55)57-6/h11-14,24-27,30,32-33,35H,7-10,15-23H2,1-6H3,(H,44,46)(H,45,48)(H,47,54)(H,49,55)/t30-,32-,33-,35-,42?,43?/m0/s1. The number of imidazole rings is 2. The zero-order chi connectivity index (χ0) is 40.5. The lowest BCUT2D eigenvalue weighted by Crippen LogP contribution is -2.51. The number of nitrogens with one attached hydrogen (secondary N) is 4. The molecule has 5 aliphatic rings. The van der Waals surface area contributed by atoms with E-state index in [1.54, 1.807) is 0 Å². The number of rotatable bonds is 12. The first-order chi connectivity index (χ1) is 27.4. The number of fused-ring (bicyclic) bond motifs is 3. The van der Waals surface area contributed by atoms with E-state index in [0.29, 0.717) is 19.5 Å². The summed E-state index contributed by atoms with van der Waals surface area (Å²) in [6.07, 6.45) is 13.1. The fraction of sp³-hybridized carbons (Fsp3) is 0.628. The zero-order valence-electron chi connectivity index (χ0n) is 34.4. The number of carbonyl (C=O) groups is 4. The summed E-state index contributed by atoms with van der Waals surface area (Å²) < 4.78 is 9.60. The van der Waals surface area contributed by atoms with Crippen LogP contribution in [0.2, 0.25) is 0 Å². The molecule has 1 aromatic carbocycles. The molecule has 0 unspecified atom stereocenters. The second-order valence-corrected chi connectivity index (χ2v) is 17.6. The Hall–Kier alpha value is -4.88. The Kier molecular flexibility index (Phi) is 11.7. The number of carbonyl (C=O) groups excluding carboxylic acids is 4. The van der Waals surface area contributed by atoms with E-state index < -0.39 is 24.3 Å². The molecule has 4 atom stereocenters. The van der Waals surface area contributed by atoms with Crippen molar-refractivity contribution in [1.29, 1.82) is 0 Å². The minimum atomic E-state index is -0.659. The number of hydrogen-bond acceptors (Lipinski definition) is 8. The molecule has 0 radical (unpaired) electrons. The number of nitrogens with zero attached hydrogens (tertiary/aromatic N) is 4.